The van der Waals surface area contributed by atoms with Gasteiger partial charge >= 0.3 is 0 Å². The van der Waals surface area contributed by atoms with Gasteiger partial charge in [0.15, 0.2) is 16.6 Å². The smallest absolute Gasteiger partial charge is 0.257 e. The molecule has 1 saturated heterocycles. The molecule has 1 aromatic heterocycles. The maximum atomic E-state index is 12.3. The molecule has 1 amide bonds. The average Bonchev–Trinajstić information content (AvgIpc) is 3.24. The first kappa shape index (κ1) is 15.4. The maximum Gasteiger partial charge on any atom is 0.257 e. The number of carbonyl (C=O) groups excluding carboxylic acids is 1. The number of hydrogen-bond acceptors (Lipinski definition) is 7. The molecule has 24 heavy (non-hydrogen) atoms. The van der Waals surface area contributed by atoms with Crippen LogP contribution >= 0.6 is 11.3 Å². The molecule has 3 heterocycles. The first-order valence-electron chi connectivity index (χ1n) is 7.73. The lowest BCUT2D eigenvalue weighted by molar-refractivity contribution is 0.0337. The van der Waals surface area contributed by atoms with Crippen molar-refractivity contribution in [3.8, 4) is 11.5 Å². The van der Waals surface area contributed by atoms with Crippen LogP contribution in [0, 0.1) is 0 Å². The second-order valence-electron chi connectivity index (χ2n) is 5.55. The second-order valence-corrected chi connectivity index (χ2v) is 6.41. The fraction of sp³-hybridized carbons (Fsp3) is 0.375. The molecule has 8 heteroatoms. The van der Waals surface area contributed by atoms with E-state index >= 15 is 0 Å². The van der Waals surface area contributed by atoms with Crippen molar-refractivity contribution in [2.75, 3.05) is 38.4 Å². The molecule has 1 fully saturated rings. The Morgan fingerprint density at radius 2 is 2.08 bits per heavy atom. The summed E-state index contributed by atoms with van der Waals surface area (Å²) < 4.78 is 15.9. The van der Waals surface area contributed by atoms with E-state index in [1.807, 2.05) is 5.38 Å². The van der Waals surface area contributed by atoms with Crippen molar-refractivity contribution in [1.29, 1.82) is 0 Å². The van der Waals surface area contributed by atoms with Crippen LogP contribution in [-0.4, -0.2) is 48.9 Å². The number of rotatable bonds is 4. The number of nitrogens with zero attached hydrogens (tertiary/aromatic N) is 2. The lowest BCUT2D eigenvalue weighted by Gasteiger charge is -2.25. The third kappa shape index (κ3) is 3.35. The number of anilines is 1. The van der Waals surface area contributed by atoms with Crippen molar-refractivity contribution in [1.82, 2.24) is 9.88 Å². The van der Waals surface area contributed by atoms with E-state index in [2.05, 4.69) is 15.2 Å². The predicted molar refractivity (Wildman–Crippen MR) is 88.7 cm³/mol. The van der Waals surface area contributed by atoms with Gasteiger partial charge in [-0.25, -0.2) is 4.98 Å². The minimum atomic E-state index is -0.208. The standard InChI is InChI=1S/C16H17N3O4S/c20-15(11-1-2-13-14(7-11)23-10-22-13)18-16-17-12(9-24-16)8-19-3-5-21-6-4-19/h1-2,7,9H,3-6,8,10H2,(H,17,18,20). The summed E-state index contributed by atoms with van der Waals surface area (Å²) in [6, 6.07) is 5.13. The molecular weight excluding hydrogens is 330 g/mol. The highest BCUT2D eigenvalue weighted by molar-refractivity contribution is 7.13. The Bertz CT molecular complexity index is 743. The Morgan fingerprint density at radius 3 is 2.96 bits per heavy atom. The minimum Gasteiger partial charge on any atom is -0.454 e. The van der Waals surface area contributed by atoms with E-state index in [0.29, 0.717) is 22.2 Å². The van der Waals surface area contributed by atoms with Crippen molar-refractivity contribution >= 4 is 22.4 Å². The molecule has 2 aromatic rings. The van der Waals surface area contributed by atoms with Crippen LogP contribution in [0.4, 0.5) is 5.13 Å². The monoisotopic (exact) mass is 347 g/mol. The average molecular weight is 347 g/mol. The van der Waals surface area contributed by atoms with Crippen molar-refractivity contribution in [3.63, 3.8) is 0 Å². The van der Waals surface area contributed by atoms with Crippen molar-refractivity contribution < 1.29 is 19.0 Å². The van der Waals surface area contributed by atoms with Crippen molar-refractivity contribution in [2.24, 2.45) is 0 Å². The Balaban J connectivity index is 1.39. The molecular formula is C16H17N3O4S. The molecule has 0 spiro atoms. The molecule has 1 N–H and O–H groups in total. The molecule has 0 unspecified atom stereocenters. The van der Waals surface area contributed by atoms with E-state index in [4.69, 9.17) is 14.2 Å². The summed E-state index contributed by atoms with van der Waals surface area (Å²) in [7, 11) is 0. The van der Waals surface area contributed by atoms with Gasteiger partial charge in [-0.2, -0.15) is 0 Å². The Morgan fingerprint density at radius 1 is 1.25 bits per heavy atom. The third-order valence-electron chi connectivity index (χ3n) is 3.90. The summed E-state index contributed by atoms with van der Waals surface area (Å²) in [5, 5.41) is 5.41. The normalized spacial score (nSPS) is 17.0. The van der Waals surface area contributed by atoms with Gasteiger partial charge in [-0.1, -0.05) is 0 Å². The number of morpholine rings is 1. The summed E-state index contributed by atoms with van der Waals surface area (Å²) in [4.78, 5) is 19.1. The van der Waals surface area contributed by atoms with Crippen LogP contribution in [-0.2, 0) is 11.3 Å². The Labute approximate surface area is 143 Å². The molecule has 0 bridgehead atoms. The fourth-order valence-corrected chi connectivity index (χ4v) is 3.33. The van der Waals surface area contributed by atoms with E-state index in [9.17, 15) is 4.79 Å². The highest BCUT2D eigenvalue weighted by Crippen LogP contribution is 2.32. The van der Waals surface area contributed by atoms with Gasteiger partial charge in [0.1, 0.15) is 0 Å². The van der Waals surface area contributed by atoms with Crippen LogP contribution < -0.4 is 14.8 Å². The molecule has 2 aliphatic heterocycles. The van der Waals surface area contributed by atoms with E-state index in [1.54, 1.807) is 18.2 Å². The van der Waals surface area contributed by atoms with E-state index < -0.39 is 0 Å². The molecule has 2 aliphatic rings. The minimum absolute atomic E-state index is 0.192. The van der Waals surface area contributed by atoms with Crippen molar-refractivity contribution in [3.05, 3.63) is 34.8 Å². The van der Waals surface area contributed by atoms with Crippen LogP contribution in [0.15, 0.2) is 23.6 Å². The molecule has 0 atom stereocenters. The number of hydrogen-bond donors (Lipinski definition) is 1. The van der Waals surface area contributed by atoms with Gasteiger partial charge < -0.3 is 14.2 Å². The molecule has 4 rings (SSSR count). The number of thiazole rings is 1. The van der Waals surface area contributed by atoms with Gasteiger partial charge in [0.05, 0.1) is 18.9 Å². The predicted octanol–water partition coefficient (Wildman–Crippen LogP) is 1.96. The van der Waals surface area contributed by atoms with Gasteiger partial charge in [0.25, 0.3) is 5.91 Å². The number of carbonyl (C=O) groups is 1. The molecule has 7 nitrogen and oxygen atoms in total. The van der Waals surface area contributed by atoms with Gasteiger partial charge in [-0.05, 0) is 18.2 Å². The lowest BCUT2D eigenvalue weighted by atomic mass is 10.2. The maximum absolute atomic E-state index is 12.3. The van der Waals surface area contributed by atoms with Gasteiger partial charge in [0, 0.05) is 30.6 Å². The quantitative estimate of drug-likeness (QED) is 0.911. The van der Waals surface area contributed by atoms with E-state index in [1.165, 1.54) is 11.3 Å². The molecule has 126 valence electrons. The first-order chi connectivity index (χ1) is 11.8. The summed E-state index contributed by atoms with van der Waals surface area (Å²) in [6.07, 6.45) is 0. The van der Waals surface area contributed by atoms with Crippen LogP contribution in [0.25, 0.3) is 0 Å². The third-order valence-corrected chi connectivity index (χ3v) is 4.70. The zero-order valence-corrected chi connectivity index (χ0v) is 13.8. The number of nitrogens with one attached hydrogen (secondary N) is 1. The SMILES string of the molecule is O=C(Nc1nc(CN2CCOCC2)cs1)c1ccc2c(c1)OCO2. The summed E-state index contributed by atoms with van der Waals surface area (Å²) >= 11 is 1.43. The zero-order chi connectivity index (χ0) is 16.4. The molecule has 0 saturated carbocycles. The Hall–Kier alpha value is -2.16. The largest absolute Gasteiger partial charge is 0.454 e. The first-order valence-corrected chi connectivity index (χ1v) is 8.61. The fourth-order valence-electron chi connectivity index (χ4n) is 2.63. The van der Waals surface area contributed by atoms with E-state index in [-0.39, 0.29) is 12.7 Å². The van der Waals surface area contributed by atoms with Gasteiger partial charge in [-0.3, -0.25) is 15.0 Å². The van der Waals surface area contributed by atoms with Crippen molar-refractivity contribution in [2.45, 2.75) is 6.54 Å². The summed E-state index contributed by atoms with van der Waals surface area (Å²) in [5.74, 6) is 1.05. The highest BCUT2D eigenvalue weighted by Gasteiger charge is 2.17. The Kier molecular flexibility index (Phi) is 4.33. The van der Waals surface area contributed by atoms with Gasteiger partial charge in [0.2, 0.25) is 6.79 Å². The number of aromatic nitrogens is 1. The van der Waals surface area contributed by atoms with E-state index in [0.717, 1.165) is 38.5 Å². The topological polar surface area (TPSA) is 72.9 Å². The summed E-state index contributed by atoms with van der Waals surface area (Å²) in [5.41, 5.74) is 1.48. The highest BCUT2D eigenvalue weighted by atomic mass is 32.1. The van der Waals surface area contributed by atoms with Crippen LogP contribution in [0.1, 0.15) is 16.1 Å². The van der Waals surface area contributed by atoms with Crippen LogP contribution in [0.2, 0.25) is 0 Å². The number of ether oxygens (including phenoxy) is 3. The zero-order valence-electron chi connectivity index (χ0n) is 13.0. The summed E-state index contributed by atoms with van der Waals surface area (Å²) in [6.45, 7) is 4.32. The number of benzene rings is 1. The van der Waals surface area contributed by atoms with Crippen LogP contribution in [0.5, 0.6) is 11.5 Å². The van der Waals surface area contributed by atoms with Crippen LogP contribution in [0.3, 0.4) is 0 Å². The van der Waals surface area contributed by atoms with Gasteiger partial charge in [-0.15, -0.1) is 11.3 Å². The molecule has 0 aliphatic carbocycles. The number of fused-ring (bicyclic) bond motifs is 1. The number of amides is 1. The second kappa shape index (κ2) is 6.76. The lowest BCUT2D eigenvalue weighted by Crippen LogP contribution is -2.35. The molecule has 1 aromatic carbocycles. The molecule has 0 radical (unpaired) electrons.